The van der Waals surface area contributed by atoms with Crippen molar-refractivity contribution in [3.05, 3.63) is 29.8 Å². The van der Waals surface area contributed by atoms with Crippen molar-refractivity contribution in [2.45, 2.75) is 13.3 Å². The van der Waals surface area contributed by atoms with E-state index in [1.54, 1.807) is 12.1 Å². The number of nitrogens with one attached hydrogen (secondary N) is 1. The van der Waals surface area contributed by atoms with Crippen LogP contribution in [0.1, 0.15) is 12.5 Å². The molecule has 0 bridgehead atoms. The number of nitrogens with two attached hydrogens (primary N) is 1. The number of hydrogen-bond donors (Lipinski definition) is 2. The smallest absolute Gasteiger partial charge is 0.313 e. The molecule has 0 spiro atoms. The maximum Gasteiger partial charge on any atom is 0.313 e. The maximum atomic E-state index is 11.0. The van der Waals surface area contributed by atoms with Crippen LogP contribution >= 0.6 is 0 Å². The SMILES string of the molecule is CCc1ccccc1NC(=O)C(N)=O. The molecule has 0 saturated heterocycles. The Labute approximate surface area is 82.1 Å². The van der Waals surface area contributed by atoms with Crippen molar-refractivity contribution < 1.29 is 9.59 Å². The molecule has 3 N–H and O–H groups in total. The zero-order valence-corrected chi connectivity index (χ0v) is 7.91. The lowest BCUT2D eigenvalue weighted by molar-refractivity contribution is -0.134. The molecule has 0 radical (unpaired) electrons. The average Bonchev–Trinajstić information content (AvgIpc) is 2.18. The number of hydrogen-bond acceptors (Lipinski definition) is 2. The molecule has 74 valence electrons. The van der Waals surface area contributed by atoms with E-state index in [1.807, 2.05) is 19.1 Å². The van der Waals surface area contributed by atoms with Crippen molar-refractivity contribution in [3.8, 4) is 0 Å². The average molecular weight is 192 g/mol. The molecule has 14 heavy (non-hydrogen) atoms. The second-order valence-corrected chi connectivity index (χ2v) is 2.83. The van der Waals surface area contributed by atoms with Gasteiger partial charge in [-0.2, -0.15) is 0 Å². The summed E-state index contributed by atoms with van der Waals surface area (Å²) in [6.07, 6.45) is 0.787. The van der Waals surface area contributed by atoms with Gasteiger partial charge in [0.2, 0.25) is 0 Å². The number of amides is 2. The molecule has 0 aliphatic rings. The lowest BCUT2D eigenvalue weighted by atomic mass is 10.1. The van der Waals surface area contributed by atoms with E-state index in [0.29, 0.717) is 5.69 Å². The number of rotatable bonds is 2. The zero-order chi connectivity index (χ0) is 10.6. The Balaban J connectivity index is 2.85. The molecule has 0 saturated carbocycles. The van der Waals surface area contributed by atoms with Crippen molar-refractivity contribution in [2.75, 3.05) is 5.32 Å². The van der Waals surface area contributed by atoms with Crippen molar-refractivity contribution in [3.63, 3.8) is 0 Å². The van der Waals surface area contributed by atoms with Gasteiger partial charge in [-0.3, -0.25) is 9.59 Å². The van der Waals surface area contributed by atoms with Crippen LogP contribution in [0.25, 0.3) is 0 Å². The maximum absolute atomic E-state index is 11.0. The number of para-hydroxylation sites is 1. The standard InChI is InChI=1S/C10H12N2O2/c1-2-7-5-3-4-6-8(7)12-10(14)9(11)13/h3-6H,2H2,1H3,(H2,11,13)(H,12,14). The van der Waals surface area contributed by atoms with Crippen LogP contribution < -0.4 is 11.1 Å². The summed E-state index contributed by atoms with van der Waals surface area (Å²) in [5.74, 6) is -1.76. The van der Waals surface area contributed by atoms with E-state index in [1.165, 1.54) is 0 Å². The number of anilines is 1. The van der Waals surface area contributed by atoms with Crippen LogP contribution in [0, 0.1) is 0 Å². The number of primary amides is 1. The molecular formula is C10H12N2O2. The number of carbonyl (C=O) groups is 2. The van der Waals surface area contributed by atoms with E-state index >= 15 is 0 Å². The fraction of sp³-hybridized carbons (Fsp3) is 0.200. The third-order valence-corrected chi connectivity index (χ3v) is 1.87. The summed E-state index contributed by atoms with van der Waals surface area (Å²) in [5, 5.41) is 2.45. The lowest BCUT2D eigenvalue weighted by Gasteiger charge is -2.07. The molecule has 0 fully saturated rings. The Hall–Kier alpha value is -1.84. The van der Waals surface area contributed by atoms with Gasteiger partial charge in [-0.05, 0) is 18.1 Å². The van der Waals surface area contributed by atoms with Crippen LogP contribution in [0.5, 0.6) is 0 Å². The summed E-state index contributed by atoms with van der Waals surface area (Å²) in [7, 11) is 0. The molecule has 0 atom stereocenters. The number of carbonyl (C=O) groups excluding carboxylic acids is 2. The molecule has 1 aromatic rings. The van der Waals surface area contributed by atoms with Crippen LogP contribution in [-0.2, 0) is 16.0 Å². The van der Waals surface area contributed by atoms with E-state index in [2.05, 4.69) is 5.32 Å². The Bertz CT molecular complexity index is 361. The molecule has 4 heteroatoms. The highest BCUT2D eigenvalue weighted by atomic mass is 16.2. The second kappa shape index (κ2) is 4.41. The summed E-state index contributed by atoms with van der Waals surface area (Å²) < 4.78 is 0. The van der Waals surface area contributed by atoms with Crippen LogP contribution in [0.15, 0.2) is 24.3 Å². The molecule has 0 aliphatic heterocycles. The molecular weight excluding hydrogens is 180 g/mol. The molecule has 0 aromatic heterocycles. The minimum absolute atomic E-state index is 0.638. The highest BCUT2D eigenvalue weighted by Gasteiger charge is 2.09. The first-order valence-electron chi connectivity index (χ1n) is 4.33. The topological polar surface area (TPSA) is 72.2 Å². The number of benzene rings is 1. The molecule has 0 aliphatic carbocycles. The van der Waals surface area contributed by atoms with Crippen LogP contribution in [0.4, 0.5) is 5.69 Å². The summed E-state index contributed by atoms with van der Waals surface area (Å²) in [6, 6.07) is 7.28. The van der Waals surface area contributed by atoms with Gasteiger partial charge in [-0.15, -0.1) is 0 Å². The van der Waals surface area contributed by atoms with Gasteiger partial charge in [0.15, 0.2) is 0 Å². The Morgan fingerprint density at radius 2 is 2.00 bits per heavy atom. The third kappa shape index (κ3) is 2.32. The van der Waals surface area contributed by atoms with Gasteiger partial charge in [0, 0.05) is 5.69 Å². The molecule has 1 aromatic carbocycles. The van der Waals surface area contributed by atoms with Crippen LogP contribution in [0.2, 0.25) is 0 Å². The van der Waals surface area contributed by atoms with Gasteiger partial charge in [-0.25, -0.2) is 0 Å². The quantitative estimate of drug-likeness (QED) is 0.676. The van der Waals surface area contributed by atoms with E-state index in [-0.39, 0.29) is 0 Å². The van der Waals surface area contributed by atoms with Crippen molar-refractivity contribution in [1.29, 1.82) is 0 Å². The first-order chi connectivity index (χ1) is 6.65. The Kier molecular flexibility index (Phi) is 3.23. The first-order valence-corrected chi connectivity index (χ1v) is 4.33. The van der Waals surface area contributed by atoms with E-state index < -0.39 is 11.8 Å². The van der Waals surface area contributed by atoms with Crippen molar-refractivity contribution in [1.82, 2.24) is 0 Å². The predicted octanol–water partition coefficient (Wildman–Crippen LogP) is 0.673. The lowest BCUT2D eigenvalue weighted by Crippen LogP contribution is -2.29. The normalized spacial score (nSPS) is 9.50. The van der Waals surface area contributed by atoms with Gasteiger partial charge in [0.1, 0.15) is 0 Å². The van der Waals surface area contributed by atoms with Gasteiger partial charge >= 0.3 is 11.8 Å². The van der Waals surface area contributed by atoms with Crippen molar-refractivity contribution >= 4 is 17.5 Å². The van der Waals surface area contributed by atoms with Gasteiger partial charge < -0.3 is 11.1 Å². The van der Waals surface area contributed by atoms with Crippen molar-refractivity contribution in [2.24, 2.45) is 5.73 Å². The van der Waals surface area contributed by atoms with E-state index in [0.717, 1.165) is 12.0 Å². The molecule has 4 nitrogen and oxygen atoms in total. The van der Waals surface area contributed by atoms with E-state index in [9.17, 15) is 9.59 Å². The van der Waals surface area contributed by atoms with Gasteiger partial charge in [0.05, 0.1) is 0 Å². The van der Waals surface area contributed by atoms with Gasteiger partial charge in [-0.1, -0.05) is 25.1 Å². The number of aryl methyl sites for hydroxylation is 1. The highest BCUT2D eigenvalue weighted by Crippen LogP contribution is 2.14. The highest BCUT2D eigenvalue weighted by molar-refractivity contribution is 6.39. The summed E-state index contributed by atoms with van der Waals surface area (Å²) in [6.45, 7) is 1.97. The molecule has 2 amide bonds. The predicted molar refractivity (Wildman–Crippen MR) is 53.6 cm³/mol. The fourth-order valence-electron chi connectivity index (χ4n) is 1.13. The summed E-state index contributed by atoms with van der Waals surface area (Å²) in [5.41, 5.74) is 6.44. The van der Waals surface area contributed by atoms with Crippen LogP contribution in [0.3, 0.4) is 0 Å². The second-order valence-electron chi connectivity index (χ2n) is 2.83. The molecule has 1 rings (SSSR count). The van der Waals surface area contributed by atoms with Crippen LogP contribution in [-0.4, -0.2) is 11.8 Å². The fourth-order valence-corrected chi connectivity index (χ4v) is 1.13. The Morgan fingerprint density at radius 1 is 1.36 bits per heavy atom. The summed E-state index contributed by atoms with van der Waals surface area (Å²) in [4.78, 5) is 21.5. The minimum atomic E-state index is -0.976. The zero-order valence-electron chi connectivity index (χ0n) is 7.91. The van der Waals surface area contributed by atoms with Gasteiger partial charge in [0.25, 0.3) is 0 Å². The molecule has 0 heterocycles. The molecule has 0 unspecified atom stereocenters. The summed E-state index contributed by atoms with van der Waals surface area (Å²) >= 11 is 0. The minimum Gasteiger partial charge on any atom is -0.361 e. The monoisotopic (exact) mass is 192 g/mol. The first kappa shape index (κ1) is 10.2. The Morgan fingerprint density at radius 3 is 2.57 bits per heavy atom. The third-order valence-electron chi connectivity index (χ3n) is 1.87. The largest absolute Gasteiger partial charge is 0.361 e. The van der Waals surface area contributed by atoms with E-state index in [4.69, 9.17) is 5.73 Å².